The van der Waals surface area contributed by atoms with Gasteiger partial charge in [0.15, 0.2) is 0 Å². The summed E-state index contributed by atoms with van der Waals surface area (Å²) in [4.78, 5) is 11.6. The van der Waals surface area contributed by atoms with E-state index in [0.29, 0.717) is 0 Å². The SMILES string of the molecule is COC(C)(C)CC(C)NC(=O)C1(N)CC1.Cl. The van der Waals surface area contributed by atoms with E-state index in [1.165, 1.54) is 0 Å². The summed E-state index contributed by atoms with van der Waals surface area (Å²) in [7, 11) is 1.68. The Morgan fingerprint density at radius 3 is 2.44 bits per heavy atom. The average molecular weight is 251 g/mol. The third kappa shape index (κ3) is 4.28. The van der Waals surface area contributed by atoms with Crippen LogP contribution in [0.3, 0.4) is 0 Å². The first kappa shape index (κ1) is 15.7. The van der Waals surface area contributed by atoms with Gasteiger partial charge in [0.25, 0.3) is 0 Å². The molecule has 1 saturated carbocycles. The lowest BCUT2D eigenvalue weighted by atomic mass is 9.99. The van der Waals surface area contributed by atoms with E-state index in [4.69, 9.17) is 10.5 Å². The van der Waals surface area contributed by atoms with Crippen molar-refractivity contribution in [3.05, 3.63) is 0 Å². The van der Waals surface area contributed by atoms with Crippen LogP contribution in [0.2, 0.25) is 0 Å². The Hall–Kier alpha value is -0.320. The Balaban J connectivity index is 0.00000225. The highest BCUT2D eigenvalue weighted by atomic mass is 35.5. The molecule has 1 atom stereocenters. The van der Waals surface area contributed by atoms with Gasteiger partial charge in [-0.05, 0) is 40.0 Å². The Labute approximate surface area is 104 Å². The fourth-order valence-corrected chi connectivity index (χ4v) is 1.60. The van der Waals surface area contributed by atoms with Crippen molar-refractivity contribution >= 4 is 18.3 Å². The minimum atomic E-state index is -0.578. The first-order valence-electron chi connectivity index (χ1n) is 5.44. The Kier molecular flexibility index (Phi) is 5.23. The van der Waals surface area contributed by atoms with E-state index >= 15 is 0 Å². The van der Waals surface area contributed by atoms with Crippen LogP contribution in [0.25, 0.3) is 0 Å². The number of ether oxygens (including phenoxy) is 1. The van der Waals surface area contributed by atoms with Crippen molar-refractivity contribution in [2.45, 2.75) is 57.2 Å². The summed E-state index contributed by atoms with van der Waals surface area (Å²) < 4.78 is 5.31. The van der Waals surface area contributed by atoms with E-state index in [2.05, 4.69) is 5.32 Å². The van der Waals surface area contributed by atoms with Gasteiger partial charge in [-0.15, -0.1) is 12.4 Å². The van der Waals surface area contributed by atoms with Crippen molar-refractivity contribution < 1.29 is 9.53 Å². The van der Waals surface area contributed by atoms with E-state index < -0.39 is 5.54 Å². The zero-order valence-electron chi connectivity index (χ0n) is 10.5. The molecule has 1 fully saturated rings. The molecule has 96 valence electrons. The maximum atomic E-state index is 11.6. The van der Waals surface area contributed by atoms with Crippen LogP contribution in [0, 0.1) is 0 Å². The highest BCUT2D eigenvalue weighted by Crippen LogP contribution is 2.32. The fraction of sp³-hybridized carbons (Fsp3) is 0.909. The molecule has 0 radical (unpaired) electrons. The Bertz CT molecular complexity index is 252. The summed E-state index contributed by atoms with van der Waals surface area (Å²) in [5.74, 6) is -0.0260. The summed E-state index contributed by atoms with van der Waals surface area (Å²) in [5, 5.41) is 2.93. The minimum absolute atomic E-state index is 0. The highest BCUT2D eigenvalue weighted by molar-refractivity contribution is 5.89. The summed E-state index contributed by atoms with van der Waals surface area (Å²) in [6.45, 7) is 5.99. The quantitative estimate of drug-likeness (QED) is 0.771. The van der Waals surface area contributed by atoms with E-state index in [1.807, 2.05) is 20.8 Å². The largest absolute Gasteiger partial charge is 0.379 e. The lowest BCUT2D eigenvalue weighted by Gasteiger charge is -2.27. The monoisotopic (exact) mass is 250 g/mol. The van der Waals surface area contributed by atoms with Crippen LogP contribution < -0.4 is 11.1 Å². The number of hydrogen-bond donors (Lipinski definition) is 2. The number of rotatable bonds is 5. The summed E-state index contributed by atoms with van der Waals surface area (Å²) in [6, 6.07) is 0.0912. The van der Waals surface area contributed by atoms with Crippen LogP contribution in [0.15, 0.2) is 0 Å². The van der Waals surface area contributed by atoms with E-state index in [0.717, 1.165) is 19.3 Å². The number of nitrogens with one attached hydrogen (secondary N) is 1. The van der Waals surface area contributed by atoms with Crippen LogP contribution in [0.5, 0.6) is 0 Å². The van der Waals surface area contributed by atoms with Gasteiger partial charge in [0.1, 0.15) is 0 Å². The molecule has 0 aromatic heterocycles. The van der Waals surface area contributed by atoms with Gasteiger partial charge >= 0.3 is 0 Å². The zero-order chi connectivity index (χ0) is 11.7. The topological polar surface area (TPSA) is 64.3 Å². The van der Waals surface area contributed by atoms with Crippen LogP contribution in [-0.2, 0) is 9.53 Å². The number of halogens is 1. The Morgan fingerprint density at radius 1 is 1.56 bits per heavy atom. The van der Waals surface area contributed by atoms with E-state index in [1.54, 1.807) is 7.11 Å². The molecule has 4 nitrogen and oxygen atoms in total. The normalized spacial score (nSPS) is 19.6. The van der Waals surface area contributed by atoms with Crippen LogP contribution in [0.1, 0.15) is 40.0 Å². The smallest absolute Gasteiger partial charge is 0.240 e. The molecule has 16 heavy (non-hydrogen) atoms. The number of carbonyl (C=O) groups is 1. The maximum Gasteiger partial charge on any atom is 0.240 e. The van der Waals surface area contributed by atoms with Crippen molar-refractivity contribution in [1.29, 1.82) is 0 Å². The molecule has 0 bridgehead atoms. The zero-order valence-corrected chi connectivity index (χ0v) is 11.3. The summed E-state index contributed by atoms with van der Waals surface area (Å²) >= 11 is 0. The van der Waals surface area contributed by atoms with Crippen molar-refractivity contribution in [3.63, 3.8) is 0 Å². The second-order valence-electron chi connectivity index (χ2n) is 5.20. The molecule has 0 saturated heterocycles. The van der Waals surface area contributed by atoms with Gasteiger partial charge < -0.3 is 15.8 Å². The fourth-order valence-electron chi connectivity index (χ4n) is 1.60. The van der Waals surface area contributed by atoms with Gasteiger partial charge in [-0.1, -0.05) is 0 Å². The van der Waals surface area contributed by atoms with Crippen molar-refractivity contribution in [1.82, 2.24) is 5.32 Å². The predicted octanol–water partition coefficient (Wildman–Crippen LogP) is 1.22. The molecule has 0 aromatic rings. The summed E-state index contributed by atoms with van der Waals surface area (Å²) in [5.41, 5.74) is 5.00. The lowest BCUT2D eigenvalue weighted by molar-refractivity contribution is -0.124. The molecular formula is C11H23ClN2O2. The standard InChI is InChI=1S/C11H22N2O2.ClH/c1-8(7-10(2,3)15-4)13-9(14)11(12)5-6-11;/h8H,5-7,12H2,1-4H3,(H,13,14);1H. The molecule has 1 aliphatic rings. The molecule has 5 heteroatoms. The third-order valence-corrected chi connectivity index (χ3v) is 2.97. The molecule has 0 aromatic carbocycles. The van der Waals surface area contributed by atoms with E-state index in [-0.39, 0.29) is 30.0 Å². The van der Waals surface area contributed by atoms with Crippen LogP contribution in [0.4, 0.5) is 0 Å². The van der Waals surface area contributed by atoms with Gasteiger partial charge in [-0.2, -0.15) is 0 Å². The van der Waals surface area contributed by atoms with Gasteiger partial charge in [0, 0.05) is 13.2 Å². The predicted molar refractivity (Wildman–Crippen MR) is 66.7 cm³/mol. The molecular weight excluding hydrogens is 228 g/mol. The second-order valence-corrected chi connectivity index (χ2v) is 5.20. The molecule has 1 aliphatic carbocycles. The first-order chi connectivity index (χ1) is 6.79. The lowest BCUT2D eigenvalue weighted by Crippen LogP contribution is -2.48. The number of carbonyl (C=O) groups excluding carboxylic acids is 1. The molecule has 3 N–H and O–H groups in total. The van der Waals surface area contributed by atoms with Gasteiger partial charge in [-0.25, -0.2) is 0 Å². The molecule has 1 rings (SSSR count). The molecule has 1 unspecified atom stereocenters. The van der Waals surface area contributed by atoms with E-state index in [9.17, 15) is 4.79 Å². The van der Waals surface area contributed by atoms with Crippen molar-refractivity contribution in [3.8, 4) is 0 Å². The number of methoxy groups -OCH3 is 1. The van der Waals surface area contributed by atoms with Crippen LogP contribution >= 0.6 is 12.4 Å². The van der Waals surface area contributed by atoms with Gasteiger partial charge in [-0.3, -0.25) is 4.79 Å². The number of amides is 1. The van der Waals surface area contributed by atoms with Crippen molar-refractivity contribution in [2.75, 3.05) is 7.11 Å². The number of nitrogens with two attached hydrogens (primary N) is 1. The van der Waals surface area contributed by atoms with Crippen molar-refractivity contribution in [2.24, 2.45) is 5.73 Å². The first-order valence-corrected chi connectivity index (χ1v) is 5.44. The second kappa shape index (κ2) is 5.34. The van der Waals surface area contributed by atoms with Crippen LogP contribution in [-0.4, -0.2) is 30.2 Å². The molecule has 1 amide bonds. The maximum absolute atomic E-state index is 11.6. The highest BCUT2D eigenvalue weighted by Gasteiger charge is 2.46. The molecule has 0 spiro atoms. The third-order valence-electron chi connectivity index (χ3n) is 2.97. The number of hydrogen-bond acceptors (Lipinski definition) is 3. The van der Waals surface area contributed by atoms with Gasteiger partial charge in [0.2, 0.25) is 5.91 Å². The molecule has 0 heterocycles. The average Bonchev–Trinajstić information content (AvgIpc) is 2.84. The summed E-state index contributed by atoms with van der Waals surface area (Å²) in [6.07, 6.45) is 2.39. The molecule has 0 aliphatic heterocycles. The minimum Gasteiger partial charge on any atom is -0.379 e. The Morgan fingerprint density at radius 2 is 2.06 bits per heavy atom. The van der Waals surface area contributed by atoms with Gasteiger partial charge in [0.05, 0.1) is 11.1 Å².